The third-order valence-corrected chi connectivity index (χ3v) is 3.97. The van der Waals surface area contributed by atoms with Gasteiger partial charge in [0.1, 0.15) is 11.6 Å². The molecule has 0 radical (unpaired) electrons. The molecule has 1 heterocycles. The van der Waals surface area contributed by atoms with Gasteiger partial charge in [0.15, 0.2) is 0 Å². The van der Waals surface area contributed by atoms with E-state index in [2.05, 4.69) is 31.1 Å². The lowest BCUT2D eigenvalue weighted by Gasteiger charge is -2.17. The average Bonchev–Trinajstić information content (AvgIpc) is 2.54. The number of para-hydroxylation sites is 1. The maximum absolute atomic E-state index is 14.1. The molecule has 1 atom stereocenters. The second-order valence-electron chi connectivity index (χ2n) is 5.97. The Labute approximate surface area is 137 Å². The van der Waals surface area contributed by atoms with E-state index in [0.717, 1.165) is 17.0 Å². The van der Waals surface area contributed by atoms with Gasteiger partial charge < -0.3 is 10.1 Å². The van der Waals surface area contributed by atoms with Crippen LogP contribution in [0.15, 0.2) is 36.4 Å². The van der Waals surface area contributed by atoms with Gasteiger partial charge in [-0.05, 0) is 44.0 Å². The Bertz CT molecular complexity index is 643. The van der Waals surface area contributed by atoms with Crippen molar-refractivity contribution in [1.82, 2.24) is 10.3 Å². The first-order valence-electron chi connectivity index (χ1n) is 8.14. The highest BCUT2D eigenvalue weighted by molar-refractivity contribution is 5.67. The molecule has 0 bridgehead atoms. The van der Waals surface area contributed by atoms with Gasteiger partial charge in [-0.3, -0.25) is 0 Å². The van der Waals surface area contributed by atoms with Crippen LogP contribution in [0, 0.1) is 11.7 Å². The lowest BCUT2D eigenvalue weighted by molar-refractivity contribution is 0.341. The van der Waals surface area contributed by atoms with Crippen molar-refractivity contribution in [3.05, 3.63) is 47.9 Å². The van der Waals surface area contributed by atoms with Gasteiger partial charge in [-0.1, -0.05) is 26.0 Å². The zero-order valence-corrected chi connectivity index (χ0v) is 14.3. The second kappa shape index (κ2) is 8.06. The van der Waals surface area contributed by atoms with Gasteiger partial charge >= 0.3 is 0 Å². The zero-order chi connectivity index (χ0) is 16.8. The molecule has 0 fully saturated rings. The van der Waals surface area contributed by atoms with Crippen LogP contribution in [0.3, 0.4) is 0 Å². The topological polar surface area (TPSA) is 34.1 Å². The molecule has 0 amide bonds. The highest BCUT2D eigenvalue weighted by atomic mass is 19.1. The molecule has 0 aliphatic carbocycles. The van der Waals surface area contributed by atoms with Crippen LogP contribution in [0.5, 0.6) is 5.75 Å². The lowest BCUT2D eigenvalue weighted by atomic mass is 10.1. The predicted molar refractivity (Wildman–Crippen MR) is 91.9 cm³/mol. The number of halogens is 1. The van der Waals surface area contributed by atoms with E-state index in [1.54, 1.807) is 6.07 Å². The van der Waals surface area contributed by atoms with Crippen LogP contribution < -0.4 is 10.1 Å². The maximum atomic E-state index is 14.1. The molecule has 0 saturated carbocycles. The molecular formula is C19H25FN2O. The quantitative estimate of drug-likeness (QED) is 0.821. The standard InChI is InChI=1S/C19H25FN2O/c1-5-23-19-9-7-6-8-15(19)17-11-10-16(20)18(22-17)12-21-14(4)13(2)3/h6-11,13-14,21H,5,12H2,1-4H3/t14-/m1/s1. The first-order valence-corrected chi connectivity index (χ1v) is 8.14. The Morgan fingerprint density at radius 1 is 1.13 bits per heavy atom. The molecule has 23 heavy (non-hydrogen) atoms. The van der Waals surface area contributed by atoms with Gasteiger partial charge in [0.2, 0.25) is 0 Å². The minimum absolute atomic E-state index is 0.286. The predicted octanol–water partition coefficient (Wildman–Crippen LogP) is 4.42. The van der Waals surface area contributed by atoms with Crippen molar-refractivity contribution in [3.8, 4) is 17.0 Å². The summed E-state index contributed by atoms with van der Waals surface area (Å²) in [5, 5.41) is 3.32. The third-order valence-electron chi connectivity index (χ3n) is 3.97. The molecule has 124 valence electrons. The molecule has 1 aromatic carbocycles. The molecule has 2 aromatic rings. The van der Waals surface area contributed by atoms with Gasteiger partial charge in [0, 0.05) is 18.2 Å². The summed E-state index contributed by atoms with van der Waals surface area (Å²) < 4.78 is 19.7. The van der Waals surface area contributed by atoms with Gasteiger partial charge in [-0.25, -0.2) is 9.37 Å². The number of nitrogens with zero attached hydrogens (tertiary/aromatic N) is 1. The van der Waals surface area contributed by atoms with E-state index in [-0.39, 0.29) is 5.82 Å². The molecule has 0 aliphatic rings. The molecule has 3 nitrogen and oxygen atoms in total. The van der Waals surface area contributed by atoms with Crippen molar-refractivity contribution >= 4 is 0 Å². The summed E-state index contributed by atoms with van der Waals surface area (Å²) in [4.78, 5) is 4.50. The Morgan fingerprint density at radius 3 is 2.57 bits per heavy atom. The van der Waals surface area contributed by atoms with Gasteiger partial charge in [0.05, 0.1) is 18.0 Å². The van der Waals surface area contributed by atoms with Crippen molar-refractivity contribution in [2.75, 3.05) is 6.61 Å². The van der Waals surface area contributed by atoms with E-state index in [0.29, 0.717) is 30.8 Å². The molecule has 0 spiro atoms. The normalized spacial score (nSPS) is 12.4. The second-order valence-corrected chi connectivity index (χ2v) is 5.97. The number of pyridine rings is 1. The molecule has 1 N–H and O–H groups in total. The monoisotopic (exact) mass is 316 g/mol. The largest absolute Gasteiger partial charge is 0.493 e. The van der Waals surface area contributed by atoms with Crippen molar-refractivity contribution in [1.29, 1.82) is 0 Å². The highest BCUT2D eigenvalue weighted by Crippen LogP contribution is 2.29. The molecule has 1 aromatic heterocycles. The van der Waals surface area contributed by atoms with Crippen LogP contribution in [0.4, 0.5) is 4.39 Å². The number of hydrogen-bond acceptors (Lipinski definition) is 3. The number of benzene rings is 1. The summed E-state index contributed by atoms with van der Waals surface area (Å²) >= 11 is 0. The third kappa shape index (κ3) is 4.52. The van der Waals surface area contributed by atoms with Crippen LogP contribution in [-0.2, 0) is 6.54 Å². The number of hydrogen-bond donors (Lipinski definition) is 1. The maximum Gasteiger partial charge on any atom is 0.146 e. The number of rotatable bonds is 7. The fraction of sp³-hybridized carbons (Fsp3) is 0.421. The van der Waals surface area contributed by atoms with Crippen molar-refractivity contribution in [2.24, 2.45) is 5.92 Å². The van der Waals surface area contributed by atoms with Crippen LogP contribution in [0.25, 0.3) is 11.3 Å². The number of nitrogens with one attached hydrogen (secondary N) is 1. The minimum atomic E-state index is -0.286. The van der Waals surface area contributed by atoms with E-state index in [1.807, 2.05) is 31.2 Å². The van der Waals surface area contributed by atoms with Crippen molar-refractivity contribution < 1.29 is 9.13 Å². The number of aromatic nitrogens is 1. The summed E-state index contributed by atoms with van der Waals surface area (Å²) in [6.07, 6.45) is 0. The Kier molecular flexibility index (Phi) is 6.11. The van der Waals surface area contributed by atoms with Gasteiger partial charge in [-0.2, -0.15) is 0 Å². The summed E-state index contributed by atoms with van der Waals surface area (Å²) in [6.45, 7) is 9.30. The lowest BCUT2D eigenvalue weighted by Crippen LogP contribution is -2.30. The molecular weight excluding hydrogens is 291 g/mol. The summed E-state index contributed by atoms with van der Waals surface area (Å²) in [5.74, 6) is 0.967. The summed E-state index contributed by atoms with van der Waals surface area (Å²) in [7, 11) is 0. The number of ether oxygens (including phenoxy) is 1. The summed E-state index contributed by atoms with van der Waals surface area (Å²) in [5.41, 5.74) is 2.04. The first-order chi connectivity index (χ1) is 11.0. The van der Waals surface area contributed by atoms with Crippen LogP contribution in [-0.4, -0.2) is 17.6 Å². The Hall–Kier alpha value is -1.94. The smallest absolute Gasteiger partial charge is 0.146 e. The first kappa shape index (κ1) is 17.4. The Balaban J connectivity index is 2.26. The SMILES string of the molecule is CCOc1ccccc1-c1ccc(F)c(CN[C@H](C)C(C)C)n1. The average molecular weight is 316 g/mol. The Morgan fingerprint density at radius 2 is 1.87 bits per heavy atom. The molecule has 2 rings (SSSR count). The fourth-order valence-corrected chi connectivity index (χ4v) is 2.21. The van der Waals surface area contributed by atoms with Crippen LogP contribution in [0.2, 0.25) is 0 Å². The molecule has 0 unspecified atom stereocenters. The zero-order valence-electron chi connectivity index (χ0n) is 14.3. The molecule has 4 heteroatoms. The van der Waals surface area contributed by atoms with E-state index in [9.17, 15) is 4.39 Å². The minimum Gasteiger partial charge on any atom is -0.493 e. The molecule has 0 aliphatic heterocycles. The van der Waals surface area contributed by atoms with Gasteiger partial charge in [-0.15, -0.1) is 0 Å². The van der Waals surface area contributed by atoms with Crippen molar-refractivity contribution in [3.63, 3.8) is 0 Å². The van der Waals surface area contributed by atoms with Gasteiger partial charge in [0.25, 0.3) is 0 Å². The van der Waals surface area contributed by atoms with Crippen molar-refractivity contribution in [2.45, 2.75) is 40.3 Å². The van der Waals surface area contributed by atoms with E-state index < -0.39 is 0 Å². The molecule has 0 saturated heterocycles. The van der Waals surface area contributed by atoms with E-state index in [1.165, 1.54) is 6.07 Å². The van der Waals surface area contributed by atoms with E-state index in [4.69, 9.17) is 4.74 Å². The fourth-order valence-electron chi connectivity index (χ4n) is 2.21. The van der Waals surface area contributed by atoms with E-state index >= 15 is 0 Å². The summed E-state index contributed by atoms with van der Waals surface area (Å²) in [6, 6.07) is 11.2. The van der Waals surface area contributed by atoms with Crippen LogP contribution >= 0.6 is 0 Å². The van der Waals surface area contributed by atoms with Crippen LogP contribution in [0.1, 0.15) is 33.4 Å². The highest BCUT2D eigenvalue weighted by Gasteiger charge is 2.12.